The number of hydrogen-bond donors (Lipinski definition) is 0. The molecule has 0 bridgehead atoms. The largest absolute Gasteiger partial charge is 0.465 e. The Morgan fingerprint density at radius 3 is 1.18 bits per heavy atom. The first-order valence-electron chi connectivity index (χ1n) is 27.0. The molecule has 13 rings (SSSR count). The van der Waals surface area contributed by atoms with Crippen LogP contribution in [0.1, 0.15) is 70.5 Å². The first-order valence-corrected chi connectivity index (χ1v) is 29.6. The maximum absolute atomic E-state index is 12.2. The molecule has 0 unspecified atom stereocenters. The Morgan fingerprint density at radius 1 is 0.460 bits per heavy atom. The van der Waals surface area contributed by atoms with Crippen molar-refractivity contribution < 1.29 is 24.4 Å². The van der Waals surface area contributed by atoms with Crippen LogP contribution >= 0.6 is 67.9 Å². The quantitative estimate of drug-likeness (QED) is 0.0868. The van der Waals surface area contributed by atoms with Crippen molar-refractivity contribution in [3.05, 3.63) is 156 Å². The molecule has 0 radical (unpaired) electrons. The maximum Gasteiger partial charge on any atom is 0.369 e. The molecule has 12 aromatic rings. The topological polar surface area (TPSA) is 402 Å². The number of rotatable bonds is 18. The second kappa shape index (κ2) is 28.0. The zero-order chi connectivity index (χ0) is 64.5. The van der Waals surface area contributed by atoms with Crippen LogP contribution in [0.15, 0.2) is 90.7 Å². The van der Waals surface area contributed by atoms with Crippen LogP contribution < -0.4 is 41.7 Å². The molecule has 36 nitrogen and oxygen atoms in total. The van der Waals surface area contributed by atoms with Gasteiger partial charge in [0.05, 0.1) is 39.1 Å². The molecule has 448 valence electrons. The van der Waals surface area contributed by atoms with Crippen LogP contribution in [0.3, 0.4) is 0 Å². The summed E-state index contributed by atoms with van der Waals surface area (Å²) in [6.07, 6.45) is 8.83. The summed E-state index contributed by atoms with van der Waals surface area (Å²) in [6, 6.07) is 0. The summed E-state index contributed by atoms with van der Waals surface area (Å²) in [5, 5.41) is 37.7. The van der Waals surface area contributed by atoms with Gasteiger partial charge in [-0.25, -0.2) is 79.0 Å². The van der Waals surface area contributed by atoms with Crippen LogP contribution in [0, 0.1) is 10.6 Å². The van der Waals surface area contributed by atoms with E-state index in [0.29, 0.717) is 88.0 Å². The SMILES string of the molecule is [3H]c1csc(OCc2c(C)ncnc2-n2nnn(C)c2=O)n1.[3H]c1csc(OCc2c(C3CC3)ncnc2-n2nnn(C)c2=O)n1.[3H]c1csc(OCc2c(CC)ncnc2-n2nnn(C)c2=O)n1.[3H]c1csc(OCc2c(I)ncnc2-n2nnn(C)c2=O)n1. The molecular formula is C46H45IN28O8S4. The molecule has 87 heavy (non-hydrogen) atoms. The van der Waals surface area contributed by atoms with E-state index in [1.165, 1.54) is 98.8 Å². The van der Waals surface area contributed by atoms with Crippen molar-refractivity contribution in [2.24, 2.45) is 28.2 Å². The fraction of sp³-hybridized carbons (Fsp3) is 0.304. The average molecular weight is 1380 g/mol. The minimum Gasteiger partial charge on any atom is -0.465 e. The van der Waals surface area contributed by atoms with Crippen molar-refractivity contribution in [1.29, 1.82) is 0 Å². The van der Waals surface area contributed by atoms with Gasteiger partial charge in [-0.05, 0) is 90.5 Å². The van der Waals surface area contributed by atoms with Crippen LogP contribution in [-0.2, 0) is 61.0 Å². The van der Waals surface area contributed by atoms with E-state index in [-0.39, 0.29) is 56.8 Å². The Labute approximate surface area is 522 Å². The molecule has 0 aromatic carbocycles. The minimum atomic E-state index is -0.418. The summed E-state index contributed by atoms with van der Waals surface area (Å²) < 4.78 is 61.5. The predicted octanol–water partition coefficient (Wildman–Crippen LogP) is 1.52. The fourth-order valence-electron chi connectivity index (χ4n) is 7.36. The van der Waals surface area contributed by atoms with Gasteiger partial charge in [-0.2, -0.15) is 18.7 Å². The van der Waals surface area contributed by atoms with E-state index in [1.54, 1.807) is 28.4 Å². The summed E-state index contributed by atoms with van der Waals surface area (Å²) in [6.45, 7) is 4.21. The van der Waals surface area contributed by atoms with Gasteiger partial charge < -0.3 is 18.9 Å². The molecule has 1 saturated carbocycles. The van der Waals surface area contributed by atoms with Crippen LogP contribution in [0.2, 0.25) is 0 Å². The number of tetrazole rings is 4. The van der Waals surface area contributed by atoms with Crippen LogP contribution in [0.25, 0.3) is 23.3 Å². The lowest BCUT2D eigenvalue weighted by Gasteiger charge is -2.11. The summed E-state index contributed by atoms with van der Waals surface area (Å²) in [5.41, 5.74) is 3.16. The predicted molar refractivity (Wildman–Crippen MR) is 313 cm³/mol. The average Bonchev–Trinajstić information content (AvgIpc) is 2.00. The van der Waals surface area contributed by atoms with E-state index in [2.05, 4.69) is 102 Å². The number of nitrogens with zero attached hydrogens (tertiary/aromatic N) is 28. The van der Waals surface area contributed by atoms with E-state index in [4.69, 9.17) is 24.4 Å². The van der Waals surface area contributed by atoms with Gasteiger partial charge in [-0.15, -0.1) is 18.7 Å². The van der Waals surface area contributed by atoms with Crippen molar-refractivity contribution >= 4 is 67.9 Å². The molecule has 0 amide bonds. The lowest BCUT2D eigenvalue weighted by molar-refractivity contribution is 0.301. The highest BCUT2D eigenvalue weighted by Crippen LogP contribution is 2.41. The molecule has 12 aromatic heterocycles. The molecule has 0 atom stereocenters. The van der Waals surface area contributed by atoms with Gasteiger partial charge in [0.1, 0.15) is 55.4 Å². The van der Waals surface area contributed by atoms with Crippen molar-refractivity contribution in [2.75, 3.05) is 0 Å². The number of thiazole rings is 4. The molecule has 1 aliphatic carbocycles. The number of hydrogen-bond acceptors (Lipinski definition) is 32. The first kappa shape index (κ1) is 55.1. The fourth-order valence-corrected chi connectivity index (χ4v) is 9.64. The number of aryl methyl sites for hydroxylation is 6. The van der Waals surface area contributed by atoms with Gasteiger partial charge in [-0.3, -0.25) is 0 Å². The maximum atomic E-state index is 12.2. The zero-order valence-electron chi connectivity index (χ0n) is 49.9. The Bertz CT molecular complexity index is 4620. The Kier molecular flexibility index (Phi) is 17.7. The molecule has 1 fully saturated rings. The van der Waals surface area contributed by atoms with Gasteiger partial charge in [-0.1, -0.05) is 52.3 Å². The number of aromatic nitrogens is 28. The smallest absolute Gasteiger partial charge is 0.369 e. The van der Waals surface area contributed by atoms with E-state index in [0.717, 1.165) is 61.7 Å². The number of ether oxygens (including phenoxy) is 4. The summed E-state index contributed by atoms with van der Waals surface area (Å²) in [7, 11) is 6.03. The van der Waals surface area contributed by atoms with Gasteiger partial charge in [0.2, 0.25) is 0 Å². The highest BCUT2D eigenvalue weighted by Gasteiger charge is 2.31. The van der Waals surface area contributed by atoms with Crippen LogP contribution in [0.5, 0.6) is 20.8 Å². The van der Waals surface area contributed by atoms with Crippen molar-refractivity contribution in [3.63, 3.8) is 0 Å². The van der Waals surface area contributed by atoms with Gasteiger partial charge in [0.25, 0.3) is 20.8 Å². The van der Waals surface area contributed by atoms with Crippen LogP contribution in [0.4, 0.5) is 0 Å². The Morgan fingerprint density at radius 2 is 0.805 bits per heavy atom. The van der Waals surface area contributed by atoms with E-state index in [1.807, 2.05) is 29.5 Å². The van der Waals surface area contributed by atoms with E-state index < -0.39 is 17.1 Å². The molecule has 0 aliphatic heterocycles. The molecule has 12 heterocycles. The van der Waals surface area contributed by atoms with Crippen LogP contribution in [-0.4, -0.2) is 139 Å². The second-order valence-corrected chi connectivity index (χ2v) is 21.7. The first-order chi connectivity index (χ1) is 43.8. The lowest BCUT2D eigenvalue weighted by atomic mass is 10.1. The molecule has 0 N–H and O–H groups in total. The number of halogens is 1. The van der Waals surface area contributed by atoms with E-state index >= 15 is 0 Å². The molecular weight excluding hydrogens is 1330 g/mol. The third-order valence-corrected chi connectivity index (χ3v) is 15.3. The lowest BCUT2D eigenvalue weighted by Crippen LogP contribution is -2.24. The van der Waals surface area contributed by atoms with Gasteiger partial charge in [0.15, 0.2) is 23.3 Å². The zero-order valence-corrected chi connectivity index (χ0v) is 51.4. The Balaban J connectivity index is 0.000000133. The highest BCUT2D eigenvalue weighted by atomic mass is 127. The van der Waals surface area contributed by atoms with Gasteiger partial charge in [0, 0.05) is 86.0 Å². The normalized spacial score (nSPS) is 12.3. The summed E-state index contributed by atoms with van der Waals surface area (Å²) in [4.78, 5) is 97.2. The second-order valence-electron chi connectivity index (χ2n) is 17.4. The van der Waals surface area contributed by atoms with Gasteiger partial charge >= 0.3 is 22.8 Å². The van der Waals surface area contributed by atoms with E-state index in [9.17, 15) is 19.2 Å². The van der Waals surface area contributed by atoms with Crippen molar-refractivity contribution in [2.45, 2.75) is 65.5 Å². The van der Waals surface area contributed by atoms with Crippen molar-refractivity contribution in [1.82, 2.24) is 139 Å². The Hall–Kier alpha value is -9.75. The minimum absolute atomic E-state index is 0.102. The van der Waals surface area contributed by atoms with Crippen molar-refractivity contribution in [3.8, 4) is 44.0 Å². The molecule has 0 saturated heterocycles. The standard InChI is InChI=1S/C13H13N7O2S.C12H13N7O2S.C11H11N7O2S.C10H8IN7O2S/c1-19-13(21)20(18-17-19)11-9(6-22-12-14-4-5-23-12)10(8-2-3-8)15-7-16-11;1-3-9-8(6-21-11-13-4-5-22-11)10(15-7-14-9)19-12(20)18(2)16-17-19;1-7-8(5-20-10-12-3-4-21-10)9(14-6-13-7)18-11(19)17(2)15-16-18;1-17-10(19)18(16-15-17)8-6(7(11)13-5-14-8)4-20-9-12-2-3-21-9/h4-5,7-8H,2-3,6H2,1H3;4-5,7H,3,6H2,1-2H3;3-4,6H,5H2,1-2H3;2-3,5H,4H2,1H3/i2*4T;3T;2T. The highest BCUT2D eigenvalue weighted by molar-refractivity contribution is 14.1. The molecule has 1 aliphatic rings. The third-order valence-electron chi connectivity index (χ3n) is 11.8. The summed E-state index contributed by atoms with van der Waals surface area (Å²) in [5.74, 6) is 1.67. The third kappa shape index (κ3) is 14.3. The molecule has 0 spiro atoms. The summed E-state index contributed by atoms with van der Waals surface area (Å²) >= 11 is 6.94. The molecule has 41 heteroatoms. The monoisotopic (exact) mass is 1380 g/mol.